The average Bonchev–Trinajstić information content (AvgIpc) is 2.63. The van der Waals surface area contributed by atoms with Gasteiger partial charge in [0.15, 0.2) is 0 Å². The fourth-order valence-electron chi connectivity index (χ4n) is 2.04. The van der Waals surface area contributed by atoms with Gasteiger partial charge in [0.2, 0.25) is 0 Å². The third-order valence-electron chi connectivity index (χ3n) is 2.87. The molecule has 1 N–H and O–H groups in total. The van der Waals surface area contributed by atoms with Crippen LogP contribution in [-0.2, 0) is 12.8 Å². The van der Waals surface area contributed by atoms with E-state index in [9.17, 15) is 0 Å². The van der Waals surface area contributed by atoms with Crippen molar-refractivity contribution in [2.75, 3.05) is 7.05 Å². The SMILES string of the molecule is C=CC(NC)c1cc2c(s1)CCCC2. The molecule has 0 fully saturated rings. The summed E-state index contributed by atoms with van der Waals surface area (Å²) in [4.78, 5) is 3.03. The van der Waals surface area contributed by atoms with Gasteiger partial charge >= 0.3 is 0 Å². The molecule has 1 unspecified atom stereocenters. The van der Waals surface area contributed by atoms with Crippen molar-refractivity contribution in [3.8, 4) is 0 Å². The molecule has 0 saturated heterocycles. The number of rotatable bonds is 3. The number of likely N-dealkylation sites (N-methyl/N-ethyl adjacent to an activating group) is 1. The minimum atomic E-state index is 0.339. The first-order valence-electron chi connectivity index (χ1n) is 5.26. The number of thiophene rings is 1. The molecule has 0 amide bonds. The first kappa shape index (κ1) is 9.94. The summed E-state index contributed by atoms with van der Waals surface area (Å²) in [7, 11) is 1.99. The highest BCUT2D eigenvalue weighted by molar-refractivity contribution is 7.12. The molecule has 0 spiro atoms. The van der Waals surface area contributed by atoms with Gasteiger partial charge in [-0.3, -0.25) is 0 Å². The van der Waals surface area contributed by atoms with E-state index in [1.165, 1.54) is 30.6 Å². The predicted molar refractivity (Wildman–Crippen MR) is 63.0 cm³/mol. The number of fused-ring (bicyclic) bond motifs is 1. The van der Waals surface area contributed by atoms with E-state index in [1.807, 2.05) is 24.5 Å². The second-order valence-corrected chi connectivity index (χ2v) is 4.97. The maximum atomic E-state index is 3.86. The zero-order valence-electron chi connectivity index (χ0n) is 8.68. The van der Waals surface area contributed by atoms with E-state index >= 15 is 0 Å². The second kappa shape index (κ2) is 4.28. The summed E-state index contributed by atoms with van der Waals surface area (Å²) in [6.07, 6.45) is 7.27. The fraction of sp³-hybridized carbons (Fsp3) is 0.500. The minimum Gasteiger partial charge on any atom is -0.309 e. The van der Waals surface area contributed by atoms with Crippen molar-refractivity contribution in [2.24, 2.45) is 0 Å². The van der Waals surface area contributed by atoms with Crippen molar-refractivity contribution >= 4 is 11.3 Å². The summed E-state index contributed by atoms with van der Waals surface area (Å²) in [5.41, 5.74) is 1.58. The molecular weight excluding hydrogens is 190 g/mol. The number of hydrogen-bond acceptors (Lipinski definition) is 2. The highest BCUT2D eigenvalue weighted by Crippen LogP contribution is 2.32. The van der Waals surface area contributed by atoms with E-state index < -0.39 is 0 Å². The molecule has 1 atom stereocenters. The standard InChI is InChI=1S/C12H17NS/c1-3-10(13-2)12-8-9-6-4-5-7-11(9)14-12/h3,8,10,13H,1,4-7H2,2H3. The Hall–Kier alpha value is -0.600. The topological polar surface area (TPSA) is 12.0 Å². The average molecular weight is 207 g/mol. The Balaban J connectivity index is 2.27. The van der Waals surface area contributed by atoms with Gasteiger partial charge in [0.1, 0.15) is 0 Å². The Bertz CT molecular complexity index is 304. The summed E-state index contributed by atoms with van der Waals surface area (Å²) < 4.78 is 0. The Morgan fingerprint density at radius 2 is 2.29 bits per heavy atom. The molecule has 2 rings (SSSR count). The largest absolute Gasteiger partial charge is 0.309 e. The van der Waals surface area contributed by atoms with Crippen molar-refractivity contribution in [2.45, 2.75) is 31.7 Å². The third kappa shape index (κ3) is 1.77. The second-order valence-electron chi connectivity index (χ2n) is 3.81. The lowest BCUT2D eigenvalue weighted by Crippen LogP contribution is -2.11. The zero-order chi connectivity index (χ0) is 9.97. The molecule has 0 saturated carbocycles. The minimum absolute atomic E-state index is 0.339. The van der Waals surface area contributed by atoms with E-state index in [2.05, 4.69) is 18.0 Å². The quantitative estimate of drug-likeness (QED) is 0.751. The molecule has 2 heteroatoms. The molecule has 0 aromatic carbocycles. The molecule has 0 aliphatic heterocycles. The summed E-state index contributed by atoms with van der Waals surface area (Å²) in [6, 6.07) is 2.70. The van der Waals surface area contributed by atoms with Crippen molar-refractivity contribution in [3.63, 3.8) is 0 Å². The summed E-state index contributed by atoms with van der Waals surface area (Å²) >= 11 is 1.96. The van der Waals surface area contributed by atoms with Gasteiger partial charge in [-0.25, -0.2) is 0 Å². The molecule has 1 heterocycles. The normalized spacial score (nSPS) is 17.5. The van der Waals surface area contributed by atoms with E-state index in [0.29, 0.717) is 6.04 Å². The predicted octanol–water partition coefficient (Wildman–Crippen LogP) is 3.07. The lowest BCUT2D eigenvalue weighted by Gasteiger charge is -2.08. The van der Waals surface area contributed by atoms with Gasteiger partial charge in [-0.15, -0.1) is 17.9 Å². The van der Waals surface area contributed by atoms with Crippen LogP contribution in [-0.4, -0.2) is 7.05 Å². The molecule has 0 radical (unpaired) electrons. The maximum absolute atomic E-state index is 3.86. The highest BCUT2D eigenvalue weighted by atomic mass is 32.1. The van der Waals surface area contributed by atoms with Crippen LogP contribution in [0.15, 0.2) is 18.7 Å². The molecule has 1 aliphatic rings. The van der Waals surface area contributed by atoms with Gasteiger partial charge in [0.05, 0.1) is 6.04 Å². The third-order valence-corrected chi connectivity index (χ3v) is 4.19. The zero-order valence-corrected chi connectivity index (χ0v) is 9.49. The molecule has 1 aromatic rings. The van der Waals surface area contributed by atoms with Crippen molar-refractivity contribution in [1.82, 2.24) is 5.32 Å². The Morgan fingerprint density at radius 3 is 2.93 bits per heavy atom. The van der Waals surface area contributed by atoms with Gasteiger partial charge in [0.25, 0.3) is 0 Å². The van der Waals surface area contributed by atoms with Crippen LogP contribution in [0.25, 0.3) is 0 Å². The van der Waals surface area contributed by atoms with Gasteiger partial charge < -0.3 is 5.32 Å². The fourth-order valence-corrected chi connectivity index (χ4v) is 3.41. The van der Waals surface area contributed by atoms with Crippen LogP contribution < -0.4 is 5.32 Å². The summed E-state index contributed by atoms with van der Waals surface area (Å²) in [5.74, 6) is 0. The first-order valence-corrected chi connectivity index (χ1v) is 6.08. The van der Waals surface area contributed by atoms with Crippen LogP contribution in [0.5, 0.6) is 0 Å². The van der Waals surface area contributed by atoms with Gasteiger partial charge in [-0.05, 0) is 44.4 Å². The molecule has 1 aliphatic carbocycles. The monoisotopic (exact) mass is 207 g/mol. The molecule has 1 aromatic heterocycles. The molecule has 14 heavy (non-hydrogen) atoms. The Kier molecular flexibility index (Phi) is 3.04. The summed E-state index contributed by atoms with van der Waals surface area (Å²) in [6.45, 7) is 3.86. The van der Waals surface area contributed by atoms with Gasteiger partial charge in [-0.2, -0.15) is 0 Å². The van der Waals surface area contributed by atoms with E-state index in [0.717, 1.165) is 0 Å². The summed E-state index contributed by atoms with van der Waals surface area (Å²) in [5, 5.41) is 3.27. The molecule has 0 bridgehead atoms. The molecule has 76 valence electrons. The lowest BCUT2D eigenvalue weighted by molar-refractivity contribution is 0.695. The molecule has 1 nitrogen and oxygen atoms in total. The van der Waals surface area contributed by atoms with Crippen molar-refractivity contribution in [3.05, 3.63) is 34.0 Å². The first-order chi connectivity index (χ1) is 6.85. The van der Waals surface area contributed by atoms with Crippen LogP contribution in [0.2, 0.25) is 0 Å². The van der Waals surface area contributed by atoms with E-state index in [-0.39, 0.29) is 0 Å². The van der Waals surface area contributed by atoms with Gasteiger partial charge in [-0.1, -0.05) is 6.08 Å². The van der Waals surface area contributed by atoms with E-state index in [4.69, 9.17) is 0 Å². The lowest BCUT2D eigenvalue weighted by atomic mass is 9.99. The van der Waals surface area contributed by atoms with Crippen molar-refractivity contribution in [1.29, 1.82) is 0 Å². The van der Waals surface area contributed by atoms with Crippen LogP contribution >= 0.6 is 11.3 Å². The van der Waals surface area contributed by atoms with Gasteiger partial charge in [0, 0.05) is 9.75 Å². The molecular formula is C12H17NS. The van der Waals surface area contributed by atoms with E-state index in [1.54, 1.807) is 10.4 Å². The maximum Gasteiger partial charge on any atom is 0.0595 e. The number of nitrogens with one attached hydrogen (secondary N) is 1. The Morgan fingerprint density at radius 1 is 1.50 bits per heavy atom. The van der Waals surface area contributed by atoms with Crippen LogP contribution in [0.4, 0.5) is 0 Å². The van der Waals surface area contributed by atoms with Crippen LogP contribution in [0.3, 0.4) is 0 Å². The van der Waals surface area contributed by atoms with Crippen molar-refractivity contribution < 1.29 is 0 Å². The van der Waals surface area contributed by atoms with Crippen LogP contribution in [0.1, 0.15) is 34.2 Å². The number of aryl methyl sites for hydroxylation is 2. The smallest absolute Gasteiger partial charge is 0.0595 e. The van der Waals surface area contributed by atoms with Crippen LogP contribution in [0, 0.1) is 0 Å². The number of hydrogen-bond donors (Lipinski definition) is 1. The highest BCUT2D eigenvalue weighted by Gasteiger charge is 2.16. The Labute approximate surface area is 89.8 Å².